The predicted octanol–water partition coefficient (Wildman–Crippen LogP) is 3.31. The molecular weight excluding hydrogens is 108 g/mol. The summed E-state index contributed by atoms with van der Waals surface area (Å²) in [4.78, 5) is 0. The molecule has 0 spiro atoms. The Morgan fingerprint density at radius 2 is 2.00 bits per heavy atom. The van der Waals surface area contributed by atoms with E-state index in [1.54, 1.807) is 0 Å². The van der Waals surface area contributed by atoms with Crippen molar-refractivity contribution in [1.29, 1.82) is 0 Å². The van der Waals surface area contributed by atoms with Crippen LogP contribution in [0.2, 0.25) is 0 Å². The zero-order chi connectivity index (χ0) is 7.11. The Labute approximate surface area is 58.3 Å². The Bertz CT molecular complexity index is 107. The van der Waals surface area contributed by atoms with Gasteiger partial charge >= 0.3 is 0 Å². The first-order valence-corrected chi connectivity index (χ1v) is 3.63. The van der Waals surface area contributed by atoms with Crippen LogP contribution in [0.5, 0.6) is 0 Å². The summed E-state index contributed by atoms with van der Waals surface area (Å²) in [5.41, 5.74) is 1.44. The van der Waals surface area contributed by atoms with Gasteiger partial charge in [0.25, 0.3) is 0 Å². The minimum Gasteiger partial charge on any atom is -0.0874 e. The van der Waals surface area contributed by atoms with Crippen LogP contribution in [-0.2, 0) is 0 Å². The third kappa shape index (κ3) is 4.01. The molecule has 0 aromatic carbocycles. The van der Waals surface area contributed by atoms with Crippen LogP contribution in [0, 0.1) is 0 Å². The van der Waals surface area contributed by atoms with E-state index in [-0.39, 0.29) is 0 Å². The quantitative estimate of drug-likeness (QED) is 0.506. The summed E-state index contributed by atoms with van der Waals surface area (Å²) in [5.74, 6) is 0. The molecule has 0 amide bonds. The average molecular weight is 124 g/mol. The lowest BCUT2D eigenvalue weighted by molar-refractivity contribution is 0.924. The van der Waals surface area contributed by atoms with Gasteiger partial charge in [0.05, 0.1) is 0 Å². The van der Waals surface area contributed by atoms with Gasteiger partial charge in [-0.25, -0.2) is 0 Å². The van der Waals surface area contributed by atoms with Crippen LogP contribution in [0.1, 0.15) is 33.6 Å². The van der Waals surface area contributed by atoms with E-state index in [9.17, 15) is 0 Å². The van der Waals surface area contributed by atoms with Gasteiger partial charge in [-0.15, -0.1) is 0 Å². The second kappa shape index (κ2) is 5.61. The van der Waals surface area contributed by atoms with Crippen LogP contribution in [-0.4, -0.2) is 0 Å². The summed E-state index contributed by atoms with van der Waals surface area (Å²) < 4.78 is 0. The highest BCUT2D eigenvalue weighted by Crippen LogP contribution is 2.04. The number of allylic oxidation sites excluding steroid dienone is 4. The van der Waals surface area contributed by atoms with Gasteiger partial charge in [-0.1, -0.05) is 37.1 Å². The minimum atomic E-state index is 1.21. The summed E-state index contributed by atoms with van der Waals surface area (Å²) in [5, 5.41) is 0. The first kappa shape index (κ1) is 8.48. The van der Waals surface area contributed by atoms with E-state index in [1.165, 1.54) is 18.4 Å². The molecule has 0 fully saturated rings. The molecule has 0 aliphatic rings. The van der Waals surface area contributed by atoms with Gasteiger partial charge in [-0.3, -0.25) is 0 Å². The number of rotatable bonds is 3. The van der Waals surface area contributed by atoms with Crippen LogP contribution in [0.15, 0.2) is 23.8 Å². The lowest BCUT2D eigenvalue weighted by Crippen LogP contribution is -1.74. The van der Waals surface area contributed by atoms with Gasteiger partial charge in [-0.05, 0) is 20.3 Å². The first-order chi connectivity index (χ1) is 4.35. The molecule has 0 radical (unpaired) electrons. The summed E-state index contributed by atoms with van der Waals surface area (Å²) >= 11 is 0. The smallest absolute Gasteiger partial charge is 0.0285 e. The second-order valence-electron chi connectivity index (χ2n) is 2.11. The molecule has 0 N–H and O–H groups in total. The maximum atomic E-state index is 2.20. The molecule has 0 saturated carbocycles. The highest BCUT2D eigenvalue weighted by atomic mass is 13.9. The van der Waals surface area contributed by atoms with Crippen molar-refractivity contribution in [3.05, 3.63) is 23.8 Å². The van der Waals surface area contributed by atoms with Crippen molar-refractivity contribution in [2.75, 3.05) is 0 Å². The van der Waals surface area contributed by atoms with Crippen molar-refractivity contribution >= 4 is 0 Å². The molecule has 0 aromatic heterocycles. The van der Waals surface area contributed by atoms with Crippen molar-refractivity contribution in [3.8, 4) is 0 Å². The van der Waals surface area contributed by atoms with Crippen molar-refractivity contribution in [2.45, 2.75) is 33.6 Å². The largest absolute Gasteiger partial charge is 0.0874 e. The van der Waals surface area contributed by atoms with Gasteiger partial charge in [0.2, 0.25) is 0 Å². The van der Waals surface area contributed by atoms with Crippen molar-refractivity contribution in [1.82, 2.24) is 0 Å². The monoisotopic (exact) mass is 124 g/mol. The number of hydrogen-bond acceptors (Lipinski definition) is 0. The van der Waals surface area contributed by atoms with Gasteiger partial charge in [0.15, 0.2) is 0 Å². The molecule has 0 heterocycles. The third-order valence-corrected chi connectivity index (χ3v) is 1.29. The zero-order valence-corrected chi connectivity index (χ0v) is 6.65. The van der Waals surface area contributed by atoms with Crippen LogP contribution < -0.4 is 0 Å². The fraction of sp³-hybridized carbons (Fsp3) is 0.556. The molecule has 52 valence electrons. The molecule has 0 aliphatic carbocycles. The minimum absolute atomic E-state index is 1.21. The molecule has 0 aliphatic heterocycles. The summed E-state index contributed by atoms with van der Waals surface area (Å²) in [6.07, 6.45) is 8.88. The molecule has 9 heavy (non-hydrogen) atoms. The van der Waals surface area contributed by atoms with E-state index in [0.717, 1.165) is 0 Å². The highest BCUT2D eigenvalue weighted by Gasteiger charge is 1.84. The third-order valence-electron chi connectivity index (χ3n) is 1.29. The Kier molecular flexibility index (Phi) is 5.29. The Morgan fingerprint density at radius 3 is 2.33 bits per heavy atom. The highest BCUT2D eigenvalue weighted by molar-refractivity contribution is 5.16. The molecule has 0 atom stereocenters. The number of hydrogen-bond donors (Lipinski definition) is 0. The van der Waals surface area contributed by atoms with Crippen LogP contribution >= 0.6 is 0 Å². The van der Waals surface area contributed by atoms with E-state index in [1.807, 2.05) is 0 Å². The Balaban J connectivity index is 3.70. The zero-order valence-electron chi connectivity index (χ0n) is 6.65. The summed E-state index contributed by atoms with van der Waals surface area (Å²) in [6, 6.07) is 0. The molecular formula is C9H16. The second-order valence-corrected chi connectivity index (χ2v) is 2.11. The van der Waals surface area contributed by atoms with Crippen LogP contribution in [0.25, 0.3) is 0 Å². The van der Waals surface area contributed by atoms with Crippen molar-refractivity contribution in [2.24, 2.45) is 0 Å². The maximum absolute atomic E-state index is 2.20. The molecule has 0 unspecified atom stereocenters. The first-order valence-electron chi connectivity index (χ1n) is 3.63. The van der Waals surface area contributed by atoms with E-state index in [4.69, 9.17) is 0 Å². The van der Waals surface area contributed by atoms with E-state index < -0.39 is 0 Å². The fourth-order valence-electron chi connectivity index (χ4n) is 0.827. The SMILES string of the molecule is C/C=C/C(=C/C)CCC. The van der Waals surface area contributed by atoms with Gasteiger partial charge in [0, 0.05) is 0 Å². The molecule has 0 aromatic rings. The van der Waals surface area contributed by atoms with E-state index in [2.05, 4.69) is 39.0 Å². The van der Waals surface area contributed by atoms with Gasteiger partial charge < -0.3 is 0 Å². The maximum Gasteiger partial charge on any atom is -0.0285 e. The van der Waals surface area contributed by atoms with Crippen molar-refractivity contribution in [3.63, 3.8) is 0 Å². The fourth-order valence-corrected chi connectivity index (χ4v) is 0.827. The topological polar surface area (TPSA) is 0 Å². The summed E-state index contributed by atoms with van der Waals surface area (Å²) in [6.45, 7) is 6.34. The predicted molar refractivity (Wildman–Crippen MR) is 43.5 cm³/mol. The lowest BCUT2D eigenvalue weighted by atomic mass is 10.1. The standard InChI is InChI=1S/C9H16/c1-4-7-9(6-3)8-5-2/h4,6-7H,5,8H2,1-3H3/b7-4+,9-6-. The normalized spacial score (nSPS) is 13.0. The van der Waals surface area contributed by atoms with E-state index >= 15 is 0 Å². The Hall–Kier alpha value is -0.520. The molecule has 0 saturated heterocycles. The van der Waals surface area contributed by atoms with Crippen LogP contribution in [0.3, 0.4) is 0 Å². The molecule has 0 bridgehead atoms. The molecule has 0 rings (SSSR count). The van der Waals surface area contributed by atoms with Gasteiger partial charge in [-0.2, -0.15) is 0 Å². The van der Waals surface area contributed by atoms with Crippen molar-refractivity contribution < 1.29 is 0 Å². The van der Waals surface area contributed by atoms with E-state index in [0.29, 0.717) is 0 Å². The van der Waals surface area contributed by atoms with Gasteiger partial charge in [0.1, 0.15) is 0 Å². The molecule has 0 nitrogen and oxygen atoms in total. The van der Waals surface area contributed by atoms with Crippen LogP contribution in [0.4, 0.5) is 0 Å². The molecule has 0 heteroatoms. The average Bonchev–Trinajstić information content (AvgIpc) is 1.88. The Morgan fingerprint density at radius 1 is 1.33 bits per heavy atom. The lowest BCUT2D eigenvalue weighted by Gasteiger charge is -1.94. The summed E-state index contributed by atoms with van der Waals surface area (Å²) in [7, 11) is 0.